The second-order valence-electron chi connectivity index (χ2n) is 9.19. The van der Waals surface area contributed by atoms with E-state index in [1.165, 1.54) is 0 Å². The summed E-state index contributed by atoms with van der Waals surface area (Å²) in [5.74, 6) is 1.07. The predicted molar refractivity (Wildman–Crippen MR) is 139 cm³/mol. The number of benzene rings is 2. The van der Waals surface area contributed by atoms with Crippen LogP contribution in [0.5, 0.6) is 11.5 Å². The number of nitrogens with zero attached hydrogens (tertiary/aromatic N) is 1. The third kappa shape index (κ3) is 5.26. The van der Waals surface area contributed by atoms with E-state index in [9.17, 15) is 9.59 Å². The largest absolute Gasteiger partial charge is 0.490 e. The van der Waals surface area contributed by atoms with Crippen molar-refractivity contribution in [2.24, 2.45) is 0 Å². The van der Waals surface area contributed by atoms with Crippen molar-refractivity contribution in [3.63, 3.8) is 0 Å². The average molecular weight is 494 g/mol. The van der Waals surface area contributed by atoms with Crippen LogP contribution >= 0.6 is 0 Å². The van der Waals surface area contributed by atoms with Gasteiger partial charge in [0.1, 0.15) is 5.58 Å². The minimum absolute atomic E-state index is 0.106. The number of rotatable bonds is 12. The van der Waals surface area contributed by atoms with Crippen molar-refractivity contribution >= 4 is 16.9 Å². The van der Waals surface area contributed by atoms with Gasteiger partial charge in [-0.2, -0.15) is 0 Å². The van der Waals surface area contributed by atoms with Crippen LogP contribution in [0.25, 0.3) is 11.0 Å². The normalized spacial score (nSPS) is 15.1. The number of amides is 1. The Morgan fingerprint density at radius 2 is 1.78 bits per heavy atom. The van der Waals surface area contributed by atoms with E-state index in [0.717, 1.165) is 18.4 Å². The van der Waals surface area contributed by atoms with Gasteiger partial charge in [-0.1, -0.05) is 31.5 Å². The lowest BCUT2D eigenvalue weighted by molar-refractivity contribution is 0.0593. The van der Waals surface area contributed by atoms with E-state index in [4.69, 9.17) is 18.6 Å². The monoisotopic (exact) mass is 493 g/mol. The maximum absolute atomic E-state index is 13.6. The highest BCUT2D eigenvalue weighted by Gasteiger charge is 2.42. The molecule has 0 radical (unpaired) electrons. The Balaban J connectivity index is 1.77. The molecule has 2 heterocycles. The van der Waals surface area contributed by atoms with Crippen molar-refractivity contribution in [2.75, 3.05) is 26.4 Å². The molecule has 7 heteroatoms. The van der Waals surface area contributed by atoms with Crippen molar-refractivity contribution < 1.29 is 23.4 Å². The number of hydrogen-bond acceptors (Lipinski definition) is 6. The summed E-state index contributed by atoms with van der Waals surface area (Å²) in [6, 6.07) is 12.1. The fraction of sp³-hybridized carbons (Fsp3) is 0.448. The Morgan fingerprint density at radius 1 is 0.972 bits per heavy atom. The maximum Gasteiger partial charge on any atom is 0.290 e. The molecule has 1 aliphatic rings. The summed E-state index contributed by atoms with van der Waals surface area (Å²) in [5.41, 5.74) is 1.37. The first-order valence-electron chi connectivity index (χ1n) is 12.8. The molecule has 1 aromatic heterocycles. The Kier molecular flexibility index (Phi) is 8.31. The van der Waals surface area contributed by atoms with Crippen LogP contribution in [-0.4, -0.2) is 43.3 Å². The van der Waals surface area contributed by atoms with Crippen LogP contribution in [0.15, 0.2) is 51.7 Å². The highest BCUT2D eigenvalue weighted by atomic mass is 16.5. The Hall–Kier alpha value is -3.32. The third-order valence-electron chi connectivity index (χ3n) is 6.21. The van der Waals surface area contributed by atoms with Gasteiger partial charge in [-0.15, -0.1) is 0 Å². The fourth-order valence-electron chi connectivity index (χ4n) is 4.51. The van der Waals surface area contributed by atoms with Gasteiger partial charge in [0.25, 0.3) is 5.91 Å². The van der Waals surface area contributed by atoms with E-state index in [-0.39, 0.29) is 23.2 Å². The predicted octanol–water partition coefficient (Wildman–Crippen LogP) is 5.73. The minimum atomic E-state index is -0.587. The summed E-state index contributed by atoms with van der Waals surface area (Å²) in [5, 5.41) is 0.462. The van der Waals surface area contributed by atoms with E-state index >= 15 is 0 Å². The first-order chi connectivity index (χ1) is 17.5. The SMILES string of the molecule is CCCCOc1ccc([C@H]2c3c(oc4ccccc4c3=O)C(=O)N2CCCOC(C)C)cc1OCC. The van der Waals surface area contributed by atoms with Crippen molar-refractivity contribution in [3.8, 4) is 11.5 Å². The van der Waals surface area contributed by atoms with Crippen LogP contribution in [0.2, 0.25) is 0 Å². The molecular weight excluding hydrogens is 458 g/mol. The van der Waals surface area contributed by atoms with E-state index < -0.39 is 6.04 Å². The number of carbonyl (C=O) groups excluding carboxylic acids is 1. The second kappa shape index (κ2) is 11.6. The fourth-order valence-corrected chi connectivity index (χ4v) is 4.51. The first kappa shape index (κ1) is 25.8. The maximum atomic E-state index is 13.6. The molecule has 1 amide bonds. The van der Waals surface area contributed by atoms with E-state index in [2.05, 4.69) is 6.92 Å². The molecule has 0 fully saturated rings. The van der Waals surface area contributed by atoms with Gasteiger partial charge < -0.3 is 23.5 Å². The summed E-state index contributed by atoms with van der Waals surface area (Å²) in [4.78, 5) is 28.9. The van der Waals surface area contributed by atoms with Crippen LogP contribution in [-0.2, 0) is 4.74 Å². The molecule has 192 valence electrons. The van der Waals surface area contributed by atoms with Crippen molar-refractivity contribution in [2.45, 2.75) is 59.1 Å². The summed E-state index contributed by atoms with van der Waals surface area (Å²) in [7, 11) is 0. The first-order valence-corrected chi connectivity index (χ1v) is 12.8. The molecule has 0 spiro atoms. The highest BCUT2D eigenvalue weighted by Crippen LogP contribution is 2.41. The van der Waals surface area contributed by atoms with Gasteiger partial charge in [0.2, 0.25) is 5.76 Å². The molecular formula is C29H35NO6. The molecule has 0 saturated carbocycles. The number of hydrogen-bond donors (Lipinski definition) is 0. The molecule has 0 bridgehead atoms. The van der Waals surface area contributed by atoms with Gasteiger partial charge in [0, 0.05) is 13.2 Å². The quantitative estimate of drug-likeness (QED) is 0.300. The van der Waals surface area contributed by atoms with E-state index in [0.29, 0.717) is 60.8 Å². The topological polar surface area (TPSA) is 78.2 Å². The summed E-state index contributed by atoms with van der Waals surface area (Å²) in [6.07, 6.45) is 2.72. The molecule has 0 aliphatic carbocycles. The minimum Gasteiger partial charge on any atom is -0.490 e. The molecule has 0 N–H and O–H groups in total. The Bertz CT molecular complexity index is 1260. The van der Waals surface area contributed by atoms with Crippen molar-refractivity contribution in [3.05, 3.63) is 69.6 Å². The standard InChI is InChI=1S/C29H35NO6/c1-5-7-16-35-23-14-13-20(18-24(23)33-6-2)26-25-27(31)21-11-8-9-12-22(21)36-28(25)29(32)30(26)15-10-17-34-19(3)4/h8-9,11-14,18-19,26H,5-7,10,15-17H2,1-4H3/t26-/m0/s1. The number of fused-ring (bicyclic) bond motifs is 2. The van der Waals surface area contributed by atoms with Crippen LogP contribution < -0.4 is 14.9 Å². The molecule has 0 unspecified atom stereocenters. The number of ether oxygens (including phenoxy) is 3. The third-order valence-corrected chi connectivity index (χ3v) is 6.21. The van der Waals surface area contributed by atoms with Crippen molar-refractivity contribution in [1.82, 2.24) is 4.90 Å². The van der Waals surface area contributed by atoms with Gasteiger partial charge >= 0.3 is 0 Å². The molecule has 3 aromatic rings. The Labute approximate surface area is 212 Å². The zero-order valence-electron chi connectivity index (χ0n) is 21.5. The molecule has 36 heavy (non-hydrogen) atoms. The van der Waals surface area contributed by atoms with E-state index in [1.807, 2.05) is 39.0 Å². The highest BCUT2D eigenvalue weighted by molar-refractivity contribution is 5.99. The second-order valence-corrected chi connectivity index (χ2v) is 9.19. The van der Waals surface area contributed by atoms with Gasteiger partial charge in [-0.3, -0.25) is 9.59 Å². The van der Waals surface area contributed by atoms with Gasteiger partial charge in [-0.05, 0) is 63.4 Å². The van der Waals surface area contributed by atoms with Gasteiger partial charge in [-0.25, -0.2) is 0 Å². The zero-order valence-corrected chi connectivity index (χ0v) is 21.5. The molecule has 1 aliphatic heterocycles. The number of para-hydroxylation sites is 1. The molecule has 7 nitrogen and oxygen atoms in total. The van der Waals surface area contributed by atoms with Crippen molar-refractivity contribution in [1.29, 1.82) is 0 Å². The molecule has 1 atom stereocenters. The lowest BCUT2D eigenvalue weighted by atomic mass is 9.98. The van der Waals surface area contributed by atoms with E-state index in [1.54, 1.807) is 29.2 Å². The van der Waals surface area contributed by atoms with Crippen LogP contribution in [0.1, 0.15) is 74.7 Å². The van der Waals surface area contributed by atoms with Gasteiger partial charge in [0.05, 0.1) is 36.3 Å². The summed E-state index contributed by atoms with van der Waals surface area (Å²) >= 11 is 0. The van der Waals surface area contributed by atoms with Crippen LogP contribution in [0.3, 0.4) is 0 Å². The summed E-state index contributed by atoms with van der Waals surface area (Å²) in [6.45, 7) is 9.99. The lowest BCUT2D eigenvalue weighted by Crippen LogP contribution is -2.31. The summed E-state index contributed by atoms with van der Waals surface area (Å²) < 4.78 is 23.5. The lowest BCUT2D eigenvalue weighted by Gasteiger charge is -2.26. The zero-order chi connectivity index (χ0) is 25.7. The van der Waals surface area contributed by atoms with Crippen LogP contribution in [0.4, 0.5) is 0 Å². The molecule has 0 saturated heterocycles. The number of unbranched alkanes of at least 4 members (excludes halogenated alkanes) is 1. The smallest absolute Gasteiger partial charge is 0.290 e. The molecule has 2 aromatic carbocycles. The van der Waals surface area contributed by atoms with Gasteiger partial charge in [0.15, 0.2) is 16.9 Å². The number of carbonyl (C=O) groups is 1. The average Bonchev–Trinajstić information content (AvgIpc) is 3.14. The van der Waals surface area contributed by atoms with Crippen LogP contribution in [0, 0.1) is 0 Å². The molecule has 4 rings (SSSR count). The Morgan fingerprint density at radius 3 is 2.53 bits per heavy atom.